The molecule has 0 heterocycles. The van der Waals surface area contributed by atoms with E-state index in [2.05, 4.69) is 5.32 Å². The fraction of sp³-hybridized carbons (Fsp3) is 1.00. The Kier molecular flexibility index (Phi) is 10.5. The van der Waals surface area contributed by atoms with Crippen molar-refractivity contribution in [3.63, 3.8) is 0 Å². The molecule has 6 nitrogen and oxygen atoms in total. The maximum Gasteiger partial charge on any atom is 0.0929 e. The lowest BCUT2D eigenvalue weighted by Crippen LogP contribution is -2.50. The van der Waals surface area contributed by atoms with Crippen LogP contribution in [0.1, 0.15) is 0 Å². The van der Waals surface area contributed by atoms with Crippen molar-refractivity contribution < 1.29 is 20.4 Å². The Hall–Kier alpha value is -0.240. The summed E-state index contributed by atoms with van der Waals surface area (Å²) in [5.74, 6) is 0. The zero-order valence-electron chi connectivity index (χ0n) is 7.19. The highest BCUT2D eigenvalue weighted by Crippen LogP contribution is 1.93. The molecule has 0 spiro atoms. The van der Waals surface area contributed by atoms with Crippen molar-refractivity contribution in [1.82, 2.24) is 5.32 Å². The molecule has 0 saturated heterocycles. The van der Waals surface area contributed by atoms with E-state index in [4.69, 9.17) is 26.2 Å². The molecule has 6 heteroatoms. The highest BCUT2D eigenvalue weighted by molar-refractivity contribution is 4.80. The average molecular weight is 182 g/mol. The molecule has 0 bridgehead atoms. The second-order valence-electron chi connectivity index (χ2n) is 2.35. The van der Waals surface area contributed by atoms with Crippen LogP contribution in [0.2, 0.25) is 0 Å². The van der Waals surface area contributed by atoms with Crippen molar-refractivity contribution in [3.8, 4) is 0 Å². The van der Waals surface area contributed by atoms with Gasteiger partial charge in [-0.05, 0) is 7.05 Å². The van der Waals surface area contributed by atoms with E-state index in [1.54, 1.807) is 7.05 Å². The van der Waals surface area contributed by atoms with Gasteiger partial charge in [0.2, 0.25) is 0 Å². The Morgan fingerprint density at radius 1 is 1.08 bits per heavy atom. The lowest BCUT2D eigenvalue weighted by molar-refractivity contribution is 0.0698. The van der Waals surface area contributed by atoms with E-state index in [1.165, 1.54) is 0 Å². The Morgan fingerprint density at radius 3 is 1.33 bits per heavy atom. The summed E-state index contributed by atoms with van der Waals surface area (Å²) >= 11 is 0. The Balaban J connectivity index is 0. The van der Waals surface area contributed by atoms with E-state index in [1.807, 2.05) is 0 Å². The normalized spacial score (nSPS) is 10.5. The molecule has 0 atom stereocenters. The van der Waals surface area contributed by atoms with Crippen molar-refractivity contribution in [3.05, 3.63) is 0 Å². The number of aliphatic hydroxyl groups excluding tert-OH is 4. The minimum Gasteiger partial charge on any atom is -0.394 e. The molecule has 0 unspecified atom stereocenters. The van der Waals surface area contributed by atoms with Crippen LogP contribution in [0.4, 0.5) is 0 Å². The van der Waals surface area contributed by atoms with Crippen LogP contribution >= 0.6 is 0 Å². The number of hydrogen-bond donors (Lipinski definition) is 6. The molecule has 0 aromatic heterocycles. The largest absolute Gasteiger partial charge is 0.394 e. The molecule has 0 rings (SSSR count). The number of aliphatic hydroxyl groups is 4. The first-order chi connectivity index (χ1) is 5.60. The van der Waals surface area contributed by atoms with Crippen LogP contribution < -0.4 is 11.1 Å². The molecular formula is C6H18N2O4. The van der Waals surface area contributed by atoms with Gasteiger partial charge in [-0.25, -0.2) is 0 Å². The average Bonchev–Trinajstić information content (AvgIpc) is 2.17. The Labute approximate surface area is 71.6 Å². The van der Waals surface area contributed by atoms with Gasteiger partial charge in [0, 0.05) is 0 Å². The van der Waals surface area contributed by atoms with Gasteiger partial charge >= 0.3 is 0 Å². The van der Waals surface area contributed by atoms with E-state index in [0.29, 0.717) is 0 Å². The monoisotopic (exact) mass is 182 g/mol. The van der Waals surface area contributed by atoms with Gasteiger partial charge < -0.3 is 26.2 Å². The van der Waals surface area contributed by atoms with E-state index < -0.39 is 25.4 Å². The maximum absolute atomic E-state index is 8.34. The van der Waals surface area contributed by atoms with E-state index in [-0.39, 0.29) is 6.73 Å². The predicted molar refractivity (Wildman–Crippen MR) is 44.3 cm³/mol. The summed E-state index contributed by atoms with van der Waals surface area (Å²) in [7, 11) is 1.68. The molecule has 0 aliphatic heterocycles. The fourth-order valence-electron chi connectivity index (χ4n) is 0.150. The predicted octanol–water partition coefficient (Wildman–Crippen LogP) is -3.18. The Bertz CT molecular complexity index is 77.4. The van der Waals surface area contributed by atoms with Crippen LogP contribution in [0, 0.1) is 0 Å². The smallest absolute Gasteiger partial charge is 0.0929 e. The van der Waals surface area contributed by atoms with Gasteiger partial charge in [-0.1, -0.05) is 0 Å². The fourth-order valence-corrected chi connectivity index (χ4v) is 0.150. The van der Waals surface area contributed by atoms with Crippen molar-refractivity contribution >= 4 is 0 Å². The lowest BCUT2D eigenvalue weighted by atomic mass is 10.1. The number of rotatable bonds is 4. The molecule has 12 heavy (non-hydrogen) atoms. The molecule has 0 aliphatic carbocycles. The standard InChI is InChI=1S/C4H11NO3.C2H7NO/c5-4(1-6,2-7)3-8;1-3-2-4/h6-8H,1-3,5H2;3-4H,2H2,1H3. The SMILES string of the molecule is CNCO.NC(CO)(CO)CO. The molecule has 0 amide bonds. The summed E-state index contributed by atoms with van der Waals surface area (Å²) in [4.78, 5) is 0. The third-order valence-electron chi connectivity index (χ3n) is 1.10. The van der Waals surface area contributed by atoms with Gasteiger partial charge in [0.15, 0.2) is 0 Å². The maximum atomic E-state index is 8.34. The zero-order chi connectivity index (χ0) is 10.0. The summed E-state index contributed by atoms with van der Waals surface area (Å²) in [6.45, 7) is -1.14. The van der Waals surface area contributed by atoms with E-state index >= 15 is 0 Å². The van der Waals surface area contributed by atoms with Crippen LogP contribution in [0.15, 0.2) is 0 Å². The molecule has 0 aromatic rings. The number of nitrogens with two attached hydrogens (primary N) is 1. The second-order valence-corrected chi connectivity index (χ2v) is 2.35. The zero-order valence-corrected chi connectivity index (χ0v) is 7.19. The van der Waals surface area contributed by atoms with Crippen LogP contribution in [0.25, 0.3) is 0 Å². The van der Waals surface area contributed by atoms with Crippen LogP contribution in [-0.2, 0) is 0 Å². The molecular weight excluding hydrogens is 164 g/mol. The first-order valence-electron chi connectivity index (χ1n) is 3.47. The highest BCUT2D eigenvalue weighted by atomic mass is 16.3. The van der Waals surface area contributed by atoms with Gasteiger partial charge in [0.25, 0.3) is 0 Å². The lowest BCUT2D eigenvalue weighted by Gasteiger charge is -2.20. The molecule has 0 aliphatic rings. The van der Waals surface area contributed by atoms with Gasteiger partial charge in [0.05, 0.1) is 32.1 Å². The number of nitrogens with one attached hydrogen (secondary N) is 1. The minimum atomic E-state index is -1.21. The van der Waals surface area contributed by atoms with Crippen molar-refractivity contribution in [2.75, 3.05) is 33.6 Å². The van der Waals surface area contributed by atoms with Gasteiger partial charge in [0.1, 0.15) is 0 Å². The topological polar surface area (TPSA) is 119 Å². The summed E-state index contributed by atoms with van der Waals surface area (Å²) in [6, 6.07) is 0. The van der Waals surface area contributed by atoms with Crippen LogP contribution in [-0.4, -0.2) is 59.6 Å². The summed E-state index contributed by atoms with van der Waals surface area (Å²) in [5, 5.41) is 35.3. The van der Waals surface area contributed by atoms with Crippen LogP contribution in [0.5, 0.6) is 0 Å². The third-order valence-corrected chi connectivity index (χ3v) is 1.10. The first kappa shape index (κ1) is 14.3. The van der Waals surface area contributed by atoms with Crippen molar-refractivity contribution in [1.29, 1.82) is 0 Å². The molecule has 0 radical (unpaired) electrons. The minimum absolute atomic E-state index is 0.0694. The second kappa shape index (κ2) is 8.85. The quantitative estimate of drug-likeness (QED) is 0.255. The molecule has 7 N–H and O–H groups in total. The first-order valence-corrected chi connectivity index (χ1v) is 3.47. The molecule has 0 saturated carbocycles. The summed E-state index contributed by atoms with van der Waals surface area (Å²) in [6.07, 6.45) is 0. The van der Waals surface area contributed by atoms with Gasteiger partial charge in [-0.15, -0.1) is 0 Å². The van der Waals surface area contributed by atoms with Gasteiger partial charge in [-0.2, -0.15) is 0 Å². The molecule has 0 fully saturated rings. The van der Waals surface area contributed by atoms with E-state index in [9.17, 15) is 0 Å². The molecule has 0 aromatic carbocycles. The Morgan fingerprint density at radius 2 is 1.33 bits per heavy atom. The highest BCUT2D eigenvalue weighted by Gasteiger charge is 2.20. The van der Waals surface area contributed by atoms with Crippen molar-refractivity contribution in [2.24, 2.45) is 5.73 Å². The van der Waals surface area contributed by atoms with E-state index in [0.717, 1.165) is 0 Å². The van der Waals surface area contributed by atoms with Crippen molar-refractivity contribution in [2.45, 2.75) is 5.54 Å². The van der Waals surface area contributed by atoms with Crippen LogP contribution in [0.3, 0.4) is 0 Å². The number of hydrogen-bond acceptors (Lipinski definition) is 6. The van der Waals surface area contributed by atoms with Gasteiger partial charge in [-0.3, -0.25) is 5.32 Å². The third kappa shape index (κ3) is 7.86. The molecule has 76 valence electrons. The summed E-state index contributed by atoms with van der Waals surface area (Å²) < 4.78 is 0. The summed E-state index contributed by atoms with van der Waals surface area (Å²) in [5.41, 5.74) is 3.94.